The molecule has 12 heavy (non-hydrogen) atoms. The second-order valence-corrected chi connectivity index (χ2v) is 2.69. The number of benzene rings is 1. The third-order valence-corrected chi connectivity index (χ3v) is 1.67. The van der Waals surface area contributed by atoms with Crippen molar-refractivity contribution in [3.8, 4) is 0 Å². The molecule has 0 aromatic heterocycles. The van der Waals surface area contributed by atoms with Crippen molar-refractivity contribution in [3.63, 3.8) is 0 Å². The Balaban J connectivity index is 2.16. The normalized spacial score (nSPS) is 10.1. The van der Waals surface area contributed by atoms with E-state index in [1.54, 1.807) is 0 Å². The van der Waals surface area contributed by atoms with Gasteiger partial charge >= 0.3 is 0 Å². The van der Waals surface area contributed by atoms with Gasteiger partial charge in [-0.2, -0.15) is 0 Å². The van der Waals surface area contributed by atoms with Gasteiger partial charge in [0.15, 0.2) is 0 Å². The molecule has 0 aliphatic heterocycles. The Morgan fingerprint density at radius 1 is 1.08 bits per heavy atom. The highest BCUT2D eigenvalue weighted by Crippen LogP contribution is 1.96. The summed E-state index contributed by atoms with van der Waals surface area (Å²) in [6.07, 6.45) is 0. The van der Waals surface area contributed by atoms with E-state index in [-0.39, 0.29) is 0 Å². The molecule has 1 aromatic carbocycles. The van der Waals surface area contributed by atoms with Crippen LogP contribution < -0.4 is 10.6 Å². The Bertz CT molecular complexity index is 196. The van der Waals surface area contributed by atoms with Gasteiger partial charge in [0.25, 0.3) is 0 Å². The summed E-state index contributed by atoms with van der Waals surface area (Å²) in [5, 5.41) is 6.50. The minimum Gasteiger partial charge on any atom is -0.305 e. The molecular formula is C10H16N2. The molecule has 0 atom stereocenters. The largest absolute Gasteiger partial charge is 0.305 e. The topological polar surface area (TPSA) is 24.1 Å². The first-order valence-electron chi connectivity index (χ1n) is 4.39. The molecular weight excluding hydrogens is 148 g/mol. The third kappa shape index (κ3) is 3.51. The molecule has 2 nitrogen and oxygen atoms in total. The van der Waals surface area contributed by atoms with Crippen LogP contribution in [0, 0.1) is 0 Å². The van der Waals surface area contributed by atoms with E-state index < -0.39 is 0 Å². The lowest BCUT2D eigenvalue weighted by molar-refractivity contribution is 0.598. The quantitative estimate of drug-likeness (QED) is 0.507. The fourth-order valence-electron chi connectivity index (χ4n) is 1.02. The summed E-state index contributed by atoms with van der Waals surface area (Å²) in [4.78, 5) is 0. The summed E-state index contributed by atoms with van der Waals surface area (Å²) in [7, 11) is 0. The Hall–Kier alpha value is -0.860. The Morgan fingerprint density at radius 3 is 2.50 bits per heavy atom. The van der Waals surface area contributed by atoms with E-state index in [0.717, 1.165) is 19.8 Å². The van der Waals surface area contributed by atoms with Gasteiger partial charge in [-0.05, 0) is 12.1 Å². The Kier molecular flexibility index (Phi) is 4.42. The standard InChI is InChI=1S/C10H16N2/c1-2-11-9-12-8-10-6-4-3-5-7-10/h3-7,11-12H,2,8-9H2,1H3. The lowest BCUT2D eigenvalue weighted by atomic mass is 10.2. The molecule has 0 heterocycles. The molecule has 2 N–H and O–H groups in total. The van der Waals surface area contributed by atoms with Crippen LogP contribution in [0.25, 0.3) is 0 Å². The van der Waals surface area contributed by atoms with E-state index >= 15 is 0 Å². The zero-order chi connectivity index (χ0) is 8.65. The molecule has 0 radical (unpaired) electrons. The van der Waals surface area contributed by atoms with Gasteiger partial charge in [0, 0.05) is 13.2 Å². The van der Waals surface area contributed by atoms with Crippen LogP contribution in [-0.4, -0.2) is 13.2 Å². The summed E-state index contributed by atoms with van der Waals surface area (Å²) in [5.74, 6) is 0. The highest BCUT2D eigenvalue weighted by atomic mass is 15.0. The highest BCUT2D eigenvalue weighted by Gasteiger charge is 1.87. The Labute approximate surface area is 74.0 Å². The van der Waals surface area contributed by atoms with Crippen LogP contribution in [0.5, 0.6) is 0 Å². The molecule has 0 bridgehead atoms. The van der Waals surface area contributed by atoms with Crippen molar-refractivity contribution in [3.05, 3.63) is 35.9 Å². The molecule has 0 amide bonds. The molecule has 0 unspecified atom stereocenters. The molecule has 66 valence electrons. The van der Waals surface area contributed by atoms with Crippen molar-refractivity contribution in [2.75, 3.05) is 13.2 Å². The minimum atomic E-state index is 0.880. The highest BCUT2D eigenvalue weighted by molar-refractivity contribution is 5.14. The summed E-state index contributed by atoms with van der Waals surface area (Å²) >= 11 is 0. The van der Waals surface area contributed by atoms with E-state index in [1.807, 2.05) is 6.07 Å². The van der Waals surface area contributed by atoms with Gasteiger partial charge in [0.2, 0.25) is 0 Å². The first-order chi connectivity index (χ1) is 5.93. The average molecular weight is 164 g/mol. The third-order valence-electron chi connectivity index (χ3n) is 1.67. The lowest BCUT2D eigenvalue weighted by Gasteiger charge is -2.04. The molecule has 1 aromatic rings. The molecule has 1 rings (SSSR count). The van der Waals surface area contributed by atoms with Crippen molar-refractivity contribution in [1.82, 2.24) is 10.6 Å². The summed E-state index contributed by atoms with van der Waals surface area (Å²) < 4.78 is 0. The zero-order valence-electron chi connectivity index (χ0n) is 7.51. The molecule has 2 heteroatoms. The smallest absolute Gasteiger partial charge is 0.0456 e. The van der Waals surface area contributed by atoms with Crippen LogP contribution in [0.4, 0.5) is 0 Å². The van der Waals surface area contributed by atoms with Crippen molar-refractivity contribution in [2.24, 2.45) is 0 Å². The number of hydrogen-bond acceptors (Lipinski definition) is 2. The average Bonchev–Trinajstić information content (AvgIpc) is 2.14. The molecule has 0 saturated heterocycles. The number of nitrogens with one attached hydrogen (secondary N) is 2. The van der Waals surface area contributed by atoms with Gasteiger partial charge in [0.05, 0.1) is 0 Å². The summed E-state index contributed by atoms with van der Waals surface area (Å²) in [6.45, 7) is 4.94. The van der Waals surface area contributed by atoms with E-state index in [1.165, 1.54) is 5.56 Å². The van der Waals surface area contributed by atoms with Gasteiger partial charge in [-0.25, -0.2) is 0 Å². The molecule has 0 saturated carbocycles. The lowest BCUT2D eigenvalue weighted by Crippen LogP contribution is -2.28. The van der Waals surface area contributed by atoms with Gasteiger partial charge in [-0.15, -0.1) is 0 Å². The number of hydrogen-bond donors (Lipinski definition) is 2. The fourth-order valence-corrected chi connectivity index (χ4v) is 1.02. The van der Waals surface area contributed by atoms with Crippen LogP contribution in [0.2, 0.25) is 0 Å². The molecule has 0 fully saturated rings. The van der Waals surface area contributed by atoms with Crippen LogP contribution in [0.15, 0.2) is 30.3 Å². The van der Waals surface area contributed by atoms with Crippen LogP contribution in [-0.2, 0) is 6.54 Å². The molecule has 0 aliphatic carbocycles. The van der Waals surface area contributed by atoms with Gasteiger partial charge in [-0.1, -0.05) is 37.3 Å². The van der Waals surface area contributed by atoms with Crippen molar-refractivity contribution >= 4 is 0 Å². The Morgan fingerprint density at radius 2 is 1.83 bits per heavy atom. The van der Waals surface area contributed by atoms with Crippen molar-refractivity contribution in [2.45, 2.75) is 13.5 Å². The predicted molar refractivity (Wildman–Crippen MR) is 51.8 cm³/mol. The van der Waals surface area contributed by atoms with Gasteiger partial charge < -0.3 is 10.6 Å². The van der Waals surface area contributed by atoms with Gasteiger partial charge in [-0.3, -0.25) is 0 Å². The monoisotopic (exact) mass is 164 g/mol. The van der Waals surface area contributed by atoms with Crippen LogP contribution >= 0.6 is 0 Å². The number of rotatable bonds is 5. The first kappa shape index (κ1) is 9.23. The van der Waals surface area contributed by atoms with Crippen LogP contribution in [0.1, 0.15) is 12.5 Å². The molecule has 0 aliphatic rings. The van der Waals surface area contributed by atoms with Gasteiger partial charge in [0.1, 0.15) is 0 Å². The molecule has 0 spiro atoms. The summed E-state index contributed by atoms with van der Waals surface area (Å²) in [6, 6.07) is 10.4. The van der Waals surface area contributed by atoms with Crippen molar-refractivity contribution in [1.29, 1.82) is 0 Å². The van der Waals surface area contributed by atoms with E-state index in [2.05, 4.69) is 41.8 Å². The second kappa shape index (κ2) is 5.75. The maximum absolute atomic E-state index is 3.29. The zero-order valence-corrected chi connectivity index (χ0v) is 7.51. The predicted octanol–water partition coefficient (Wildman–Crippen LogP) is 1.34. The first-order valence-corrected chi connectivity index (χ1v) is 4.39. The SMILES string of the molecule is CCNCNCc1ccccc1. The van der Waals surface area contributed by atoms with E-state index in [9.17, 15) is 0 Å². The maximum atomic E-state index is 3.29. The van der Waals surface area contributed by atoms with Crippen LogP contribution in [0.3, 0.4) is 0 Å². The van der Waals surface area contributed by atoms with Crippen molar-refractivity contribution < 1.29 is 0 Å². The summed E-state index contributed by atoms with van der Waals surface area (Å²) in [5.41, 5.74) is 1.33. The maximum Gasteiger partial charge on any atom is 0.0456 e. The second-order valence-electron chi connectivity index (χ2n) is 2.69. The fraction of sp³-hybridized carbons (Fsp3) is 0.400. The minimum absolute atomic E-state index is 0.880. The van der Waals surface area contributed by atoms with E-state index in [0.29, 0.717) is 0 Å². The van der Waals surface area contributed by atoms with E-state index in [4.69, 9.17) is 0 Å².